The summed E-state index contributed by atoms with van der Waals surface area (Å²) in [5.74, 6) is -0.979. The predicted octanol–water partition coefficient (Wildman–Crippen LogP) is 9.03. The summed E-state index contributed by atoms with van der Waals surface area (Å²) >= 11 is 0. The normalized spacial score (nSPS) is 19.5. The molecule has 0 saturated carbocycles. The first-order valence-electron chi connectivity index (χ1n) is 13.3. The van der Waals surface area contributed by atoms with E-state index in [-0.39, 0.29) is 6.10 Å². The van der Waals surface area contributed by atoms with Crippen LogP contribution in [0.15, 0.2) is 78.9 Å². The van der Waals surface area contributed by atoms with Gasteiger partial charge >= 0.3 is 0 Å². The number of hydrogen-bond donors (Lipinski definition) is 0. The number of hydrogen-bond acceptors (Lipinski definition) is 1. The van der Waals surface area contributed by atoms with Gasteiger partial charge in [-0.15, -0.1) is 0 Å². The Morgan fingerprint density at radius 2 is 1.56 bits per heavy atom. The van der Waals surface area contributed by atoms with E-state index in [1.165, 1.54) is 35.1 Å². The molecule has 186 valence electrons. The van der Waals surface area contributed by atoms with Gasteiger partial charge in [-0.05, 0) is 72.3 Å². The average molecular weight is 485 g/mol. The molecular formula is C33H34F2O. The van der Waals surface area contributed by atoms with Crippen LogP contribution in [0.3, 0.4) is 0 Å². The molecule has 1 heterocycles. The van der Waals surface area contributed by atoms with Crippen molar-refractivity contribution in [2.75, 3.05) is 6.61 Å². The quantitative estimate of drug-likeness (QED) is 0.218. The Morgan fingerprint density at radius 3 is 2.19 bits per heavy atom. The van der Waals surface area contributed by atoms with Crippen molar-refractivity contribution in [2.45, 2.75) is 58.0 Å². The second-order valence-electron chi connectivity index (χ2n) is 10.0. The average Bonchev–Trinajstić information content (AvgIpc) is 3.75. The van der Waals surface area contributed by atoms with Gasteiger partial charge in [0.05, 0.1) is 6.61 Å². The molecule has 3 aromatic rings. The van der Waals surface area contributed by atoms with Crippen molar-refractivity contribution < 1.29 is 13.5 Å². The molecule has 5 rings (SSSR count). The highest BCUT2D eigenvalue weighted by atomic mass is 19.2. The minimum atomic E-state index is -0.795. The molecular weight excluding hydrogens is 450 g/mol. The maximum Gasteiger partial charge on any atom is 0.167 e. The summed E-state index contributed by atoms with van der Waals surface area (Å²) in [6.45, 7) is 2.68. The third kappa shape index (κ3) is 5.84. The molecule has 0 spiro atoms. The summed E-state index contributed by atoms with van der Waals surface area (Å²) in [7, 11) is 0. The first-order valence-corrected chi connectivity index (χ1v) is 13.3. The van der Waals surface area contributed by atoms with Gasteiger partial charge in [-0.25, -0.2) is 8.78 Å². The van der Waals surface area contributed by atoms with E-state index in [0.29, 0.717) is 29.2 Å². The standard InChI is InChI=1S/C33H34F2O/c1-2-5-23-8-14-26(15-9-23)27-16-10-24(11-17-27)6-3-4-7-25-12-18-28(19-13-25)29-20-21-30(31-22-36-31)33(35)32(29)34/h3,6,8-9,12-16,18-21,24,31H,2,4-5,7,10-11,17,22H2,1H3/b6-3+. The van der Waals surface area contributed by atoms with E-state index in [4.69, 9.17) is 4.74 Å². The van der Waals surface area contributed by atoms with Crippen LogP contribution >= 0.6 is 0 Å². The smallest absolute Gasteiger partial charge is 0.167 e. The number of ether oxygens (including phenoxy) is 1. The van der Waals surface area contributed by atoms with Gasteiger partial charge in [-0.1, -0.05) is 92.2 Å². The van der Waals surface area contributed by atoms with Gasteiger partial charge in [0.2, 0.25) is 0 Å². The van der Waals surface area contributed by atoms with Crippen LogP contribution in [0.2, 0.25) is 0 Å². The van der Waals surface area contributed by atoms with Crippen LogP contribution in [-0.2, 0) is 17.6 Å². The molecule has 1 nitrogen and oxygen atoms in total. The molecule has 0 radical (unpaired) electrons. The first-order chi connectivity index (χ1) is 17.6. The Balaban J connectivity index is 1.11. The van der Waals surface area contributed by atoms with Crippen LogP contribution in [0.5, 0.6) is 0 Å². The molecule has 2 aliphatic rings. The topological polar surface area (TPSA) is 12.5 Å². The summed E-state index contributed by atoms with van der Waals surface area (Å²) in [5.41, 5.74) is 6.77. The van der Waals surface area contributed by atoms with Crippen molar-refractivity contribution in [3.63, 3.8) is 0 Å². The first kappa shape index (κ1) is 24.6. The Labute approximate surface area is 213 Å². The van der Waals surface area contributed by atoms with E-state index in [2.05, 4.69) is 49.4 Å². The number of rotatable bonds is 9. The van der Waals surface area contributed by atoms with Gasteiger partial charge in [-0.2, -0.15) is 0 Å². The van der Waals surface area contributed by atoms with Gasteiger partial charge < -0.3 is 4.74 Å². The van der Waals surface area contributed by atoms with Crippen LogP contribution in [0.4, 0.5) is 8.78 Å². The minimum absolute atomic E-state index is 0.293. The largest absolute Gasteiger partial charge is 0.368 e. The summed E-state index contributed by atoms with van der Waals surface area (Å²) in [6, 6.07) is 20.2. The van der Waals surface area contributed by atoms with Crippen LogP contribution in [0.25, 0.3) is 16.7 Å². The second-order valence-corrected chi connectivity index (χ2v) is 10.0. The molecule has 1 fully saturated rings. The zero-order chi connectivity index (χ0) is 24.9. The molecule has 1 aliphatic carbocycles. The van der Waals surface area contributed by atoms with Gasteiger partial charge in [-0.3, -0.25) is 0 Å². The van der Waals surface area contributed by atoms with Crippen molar-refractivity contribution in [3.05, 3.63) is 113 Å². The van der Waals surface area contributed by atoms with Gasteiger partial charge in [0, 0.05) is 11.1 Å². The third-order valence-electron chi connectivity index (χ3n) is 7.38. The van der Waals surface area contributed by atoms with Crippen LogP contribution in [0.1, 0.15) is 67.4 Å². The van der Waals surface area contributed by atoms with Crippen molar-refractivity contribution in [3.8, 4) is 11.1 Å². The lowest BCUT2D eigenvalue weighted by Crippen LogP contribution is -2.02. The molecule has 0 N–H and O–H groups in total. The highest BCUT2D eigenvalue weighted by Crippen LogP contribution is 2.36. The Hall–Kier alpha value is -3.04. The van der Waals surface area contributed by atoms with E-state index in [1.54, 1.807) is 12.1 Å². The molecule has 1 aliphatic heterocycles. The second kappa shape index (κ2) is 11.3. The molecule has 2 atom stereocenters. The van der Waals surface area contributed by atoms with E-state index in [9.17, 15) is 8.78 Å². The summed E-state index contributed by atoms with van der Waals surface area (Å²) in [4.78, 5) is 0. The monoisotopic (exact) mass is 484 g/mol. The number of epoxide rings is 1. The highest BCUT2D eigenvalue weighted by molar-refractivity contribution is 5.67. The highest BCUT2D eigenvalue weighted by Gasteiger charge is 2.30. The Morgan fingerprint density at radius 1 is 0.861 bits per heavy atom. The van der Waals surface area contributed by atoms with Crippen LogP contribution in [-0.4, -0.2) is 6.61 Å². The molecule has 0 bridgehead atoms. The Kier molecular flexibility index (Phi) is 7.77. The molecule has 0 amide bonds. The van der Waals surface area contributed by atoms with Crippen LogP contribution < -0.4 is 0 Å². The number of aryl methyl sites for hydroxylation is 2. The third-order valence-corrected chi connectivity index (χ3v) is 7.38. The van der Waals surface area contributed by atoms with Crippen molar-refractivity contribution in [2.24, 2.45) is 5.92 Å². The summed E-state index contributed by atoms with van der Waals surface area (Å²) in [5, 5.41) is 0. The maximum absolute atomic E-state index is 14.6. The predicted molar refractivity (Wildman–Crippen MR) is 144 cm³/mol. The fraction of sp³-hybridized carbons (Fsp3) is 0.333. The molecule has 1 saturated heterocycles. The summed E-state index contributed by atoms with van der Waals surface area (Å²) in [6.07, 6.45) is 14.5. The van der Waals surface area contributed by atoms with Gasteiger partial charge in [0.1, 0.15) is 6.10 Å². The zero-order valence-corrected chi connectivity index (χ0v) is 21.0. The molecule has 3 aromatic carbocycles. The van der Waals surface area contributed by atoms with Crippen molar-refractivity contribution >= 4 is 5.57 Å². The zero-order valence-electron chi connectivity index (χ0n) is 21.0. The number of benzene rings is 3. The molecule has 0 aromatic heterocycles. The van der Waals surface area contributed by atoms with E-state index < -0.39 is 11.6 Å². The van der Waals surface area contributed by atoms with E-state index >= 15 is 0 Å². The van der Waals surface area contributed by atoms with Gasteiger partial charge in [0.25, 0.3) is 0 Å². The summed E-state index contributed by atoms with van der Waals surface area (Å²) < 4.78 is 34.0. The maximum atomic E-state index is 14.6. The molecule has 2 unspecified atom stereocenters. The lowest BCUT2D eigenvalue weighted by Gasteiger charge is -2.19. The van der Waals surface area contributed by atoms with E-state index in [1.807, 2.05) is 24.3 Å². The lowest BCUT2D eigenvalue weighted by atomic mass is 9.86. The Bertz CT molecular complexity index is 1230. The van der Waals surface area contributed by atoms with E-state index in [0.717, 1.165) is 32.1 Å². The SMILES string of the molecule is CCCc1ccc(C2=CCC(/C=C/CCc3ccc(-c4ccc(C5CO5)c(F)c4F)cc3)CC2)cc1. The number of halogens is 2. The fourth-order valence-electron chi connectivity index (χ4n) is 5.12. The van der Waals surface area contributed by atoms with Crippen molar-refractivity contribution in [1.29, 1.82) is 0 Å². The van der Waals surface area contributed by atoms with Crippen LogP contribution in [0, 0.1) is 17.6 Å². The molecule has 36 heavy (non-hydrogen) atoms. The van der Waals surface area contributed by atoms with Crippen molar-refractivity contribution in [1.82, 2.24) is 0 Å². The van der Waals surface area contributed by atoms with Gasteiger partial charge in [0.15, 0.2) is 11.6 Å². The minimum Gasteiger partial charge on any atom is -0.368 e. The molecule has 3 heteroatoms. The number of allylic oxidation sites excluding steroid dienone is 4. The fourth-order valence-corrected chi connectivity index (χ4v) is 5.12. The lowest BCUT2D eigenvalue weighted by molar-refractivity contribution is 0.401.